The van der Waals surface area contributed by atoms with Crippen molar-refractivity contribution in [3.63, 3.8) is 0 Å². The lowest BCUT2D eigenvalue weighted by atomic mass is 10.2. The minimum Gasteiger partial charge on any atom is -0.468 e. The quantitative estimate of drug-likeness (QED) is 0.738. The van der Waals surface area contributed by atoms with Gasteiger partial charge in [0.15, 0.2) is 0 Å². The second-order valence-electron chi connectivity index (χ2n) is 3.63. The van der Waals surface area contributed by atoms with Gasteiger partial charge in [0.25, 0.3) is 0 Å². The summed E-state index contributed by atoms with van der Waals surface area (Å²) in [5.74, 6) is -0.301. The Labute approximate surface area is 99.4 Å². The fourth-order valence-corrected chi connectivity index (χ4v) is 1.80. The fourth-order valence-electron chi connectivity index (χ4n) is 1.22. The average molecular weight is 243 g/mol. The molecule has 0 spiro atoms. The Kier molecular flexibility index (Phi) is 5.37. The summed E-state index contributed by atoms with van der Waals surface area (Å²) in [5, 5.41) is 4.98. The summed E-state index contributed by atoms with van der Waals surface area (Å²) in [6, 6.07) is -0.462. The first-order valence-electron chi connectivity index (χ1n) is 4.99. The van der Waals surface area contributed by atoms with Crippen LogP contribution in [0.3, 0.4) is 0 Å². The molecule has 90 valence electrons. The van der Waals surface area contributed by atoms with Crippen LogP contribution < -0.4 is 5.32 Å². The lowest BCUT2D eigenvalue weighted by Crippen LogP contribution is -2.34. The number of aromatic nitrogens is 1. The first-order chi connectivity index (χ1) is 7.65. The van der Waals surface area contributed by atoms with Crippen molar-refractivity contribution in [2.45, 2.75) is 6.04 Å². The predicted molar refractivity (Wildman–Crippen MR) is 63.4 cm³/mol. The van der Waals surface area contributed by atoms with Gasteiger partial charge in [-0.25, -0.2) is 9.78 Å². The molecule has 6 heteroatoms. The van der Waals surface area contributed by atoms with E-state index in [1.165, 1.54) is 18.4 Å². The molecule has 1 N–H and O–H groups in total. The van der Waals surface area contributed by atoms with E-state index in [0.717, 1.165) is 12.2 Å². The standard InChI is InChI=1S/C10H17N3O2S/c1-13(2)5-4-11-9(10(14)15-3)8-6-16-7-12-8/h6-7,9,11H,4-5H2,1-3H3. The van der Waals surface area contributed by atoms with Gasteiger partial charge < -0.3 is 9.64 Å². The van der Waals surface area contributed by atoms with Gasteiger partial charge in [-0.15, -0.1) is 11.3 Å². The molecule has 0 saturated heterocycles. The highest BCUT2D eigenvalue weighted by atomic mass is 32.1. The van der Waals surface area contributed by atoms with Crippen molar-refractivity contribution in [3.8, 4) is 0 Å². The number of nitrogens with zero attached hydrogens (tertiary/aromatic N) is 2. The number of carbonyl (C=O) groups is 1. The predicted octanol–water partition coefficient (Wildman–Crippen LogP) is 0.508. The molecule has 0 fully saturated rings. The maximum absolute atomic E-state index is 11.6. The number of methoxy groups -OCH3 is 1. The lowest BCUT2D eigenvalue weighted by molar-refractivity contribution is -0.143. The van der Waals surface area contributed by atoms with Crippen molar-refractivity contribution in [1.82, 2.24) is 15.2 Å². The molecule has 0 amide bonds. The lowest BCUT2D eigenvalue weighted by Gasteiger charge is -2.16. The molecule has 0 aliphatic rings. The van der Waals surface area contributed by atoms with Gasteiger partial charge >= 0.3 is 5.97 Å². The van der Waals surface area contributed by atoms with E-state index >= 15 is 0 Å². The fraction of sp³-hybridized carbons (Fsp3) is 0.600. The molecule has 0 aromatic carbocycles. The van der Waals surface area contributed by atoms with Crippen LogP contribution in [0.4, 0.5) is 0 Å². The van der Waals surface area contributed by atoms with Crippen LogP contribution in [0.1, 0.15) is 11.7 Å². The number of likely N-dealkylation sites (N-methyl/N-ethyl adjacent to an activating group) is 1. The van der Waals surface area contributed by atoms with Gasteiger partial charge in [0.1, 0.15) is 6.04 Å². The van der Waals surface area contributed by atoms with Gasteiger partial charge in [-0.05, 0) is 14.1 Å². The monoisotopic (exact) mass is 243 g/mol. The Hall–Kier alpha value is -0.980. The van der Waals surface area contributed by atoms with E-state index in [9.17, 15) is 4.79 Å². The van der Waals surface area contributed by atoms with Gasteiger partial charge in [0.2, 0.25) is 0 Å². The highest BCUT2D eigenvalue weighted by Crippen LogP contribution is 2.14. The van der Waals surface area contributed by atoms with Crippen LogP contribution in [0.15, 0.2) is 10.9 Å². The van der Waals surface area contributed by atoms with Crippen molar-refractivity contribution < 1.29 is 9.53 Å². The molecule has 1 aromatic rings. The molecule has 16 heavy (non-hydrogen) atoms. The summed E-state index contributed by atoms with van der Waals surface area (Å²) < 4.78 is 4.74. The number of rotatable bonds is 6. The number of esters is 1. The summed E-state index contributed by atoms with van der Waals surface area (Å²) in [4.78, 5) is 17.7. The average Bonchev–Trinajstić information content (AvgIpc) is 2.76. The number of nitrogens with one attached hydrogen (secondary N) is 1. The van der Waals surface area contributed by atoms with Crippen molar-refractivity contribution in [2.75, 3.05) is 34.3 Å². The van der Waals surface area contributed by atoms with Crippen molar-refractivity contribution in [3.05, 3.63) is 16.6 Å². The third-order valence-electron chi connectivity index (χ3n) is 2.09. The molecule has 1 unspecified atom stereocenters. The second kappa shape index (κ2) is 6.57. The van der Waals surface area contributed by atoms with E-state index < -0.39 is 6.04 Å². The normalized spacial score (nSPS) is 12.8. The van der Waals surface area contributed by atoms with Crippen LogP contribution in [0.25, 0.3) is 0 Å². The van der Waals surface area contributed by atoms with Crippen LogP contribution >= 0.6 is 11.3 Å². The molecule has 1 heterocycles. The SMILES string of the molecule is COC(=O)C(NCCN(C)C)c1cscn1. The number of thiazole rings is 1. The first kappa shape index (κ1) is 13.1. The summed E-state index contributed by atoms with van der Waals surface area (Å²) in [7, 11) is 5.35. The Morgan fingerprint density at radius 2 is 2.44 bits per heavy atom. The molecular formula is C10H17N3O2S. The molecular weight excluding hydrogens is 226 g/mol. The second-order valence-corrected chi connectivity index (χ2v) is 4.35. The first-order valence-corrected chi connectivity index (χ1v) is 5.93. The molecule has 1 aromatic heterocycles. The van der Waals surface area contributed by atoms with Gasteiger partial charge in [0.05, 0.1) is 18.3 Å². The van der Waals surface area contributed by atoms with Crippen LogP contribution in [-0.2, 0) is 9.53 Å². The summed E-state index contributed by atoms with van der Waals surface area (Å²) in [5.41, 5.74) is 2.43. The summed E-state index contributed by atoms with van der Waals surface area (Å²) >= 11 is 1.47. The molecule has 0 bridgehead atoms. The van der Waals surface area contributed by atoms with E-state index in [0.29, 0.717) is 6.54 Å². The largest absolute Gasteiger partial charge is 0.468 e. The van der Waals surface area contributed by atoms with Crippen LogP contribution in [0.5, 0.6) is 0 Å². The Balaban J connectivity index is 2.55. The van der Waals surface area contributed by atoms with Gasteiger partial charge in [-0.3, -0.25) is 5.32 Å². The van der Waals surface area contributed by atoms with E-state index in [1.807, 2.05) is 24.4 Å². The maximum atomic E-state index is 11.6. The molecule has 0 saturated carbocycles. The van der Waals surface area contributed by atoms with Gasteiger partial charge in [-0.1, -0.05) is 0 Å². The molecule has 0 aliphatic heterocycles. The third-order valence-corrected chi connectivity index (χ3v) is 2.70. The minimum absolute atomic E-state index is 0.301. The summed E-state index contributed by atoms with van der Waals surface area (Å²) in [6.07, 6.45) is 0. The van der Waals surface area contributed by atoms with Crippen LogP contribution in [-0.4, -0.2) is 50.1 Å². The van der Waals surface area contributed by atoms with Crippen molar-refractivity contribution in [1.29, 1.82) is 0 Å². The van der Waals surface area contributed by atoms with E-state index in [4.69, 9.17) is 4.74 Å². The Morgan fingerprint density at radius 3 is 2.94 bits per heavy atom. The minimum atomic E-state index is -0.462. The molecule has 5 nitrogen and oxygen atoms in total. The Morgan fingerprint density at radius 1 is 1.69 bits per heavy atom. The number of hydrogen-bond acceptors (Lipinski definition) is 6. The van der Waals surface area contributed by atoms with Crippen LogP contribution in [0, 0.1) is 0 Å². The van der Waals surface area contributed by atoms with Gasteiger partial charge in [-0.2, -0.15) is 0 Å². The van der Waals surface area contributed by atoms with E-state index in [1.54, 1.807) is 5.51 Å². The Bertz CT molecular complexity index is 314. The summed E-state index contributed by atoms with van der Waals surface area (Å²) in [6.45, 7) is 1.57. The number of carbonyl (C=O) groups excluding carboxylic acids is 1. The molecule has 1 atom stereocenters. The zero-order chi connectivity index (χ0) is 12.0. The van der Waals surface area contributed by atoms with Crippen LogP contribution in [0.2, 0.25) is 0 Å². The molecule has 0 radical (unpaired) electrons. The highest BCUT2D eigenvalue weighted by Gasteiger charge is 2.22. The molecule has 1 rings (SSSR count). The van der Waals surface area contributed by atoms with E-state index in [-0.39, 0.29) is 5.97 Å². The smallest absolute Gasteiger partial charge is 0.329 e. The zero-order valence-corrected chi connectivity index (χ0v) is 10.6. The highest BCUT2D eigenvalue weighted by molar-refractivity contribution is 7.07. The van der Waals surface area contributed by atoms with Crippen molar-refractivity contribution in [2.24, 2.45) is 0 Å². The number of hydrogen-bond donors (Lipinski definition) is 1. The molecule has 0 aliphatic carbocycles. The number of ether oxygens (including phenoxy) is 1. The topological polar surface area (TPSA) is 54.5 Å². The zero-order valence-electron chi connectivity index (χ0n) is 9.77. The maximum Gasteiger partial charge on any atom is 0.329 e. The van der Waals surface area contributed by atoms with E-state index in [2.05, 4.69) is 10.3 Å². The van der Waals surface area contributed by atoms with Crippen molar-refractivity contribution >= 4 is 17.3 Å². The van der Waals surface area contributed by atoms with Gasteiger partial charge in [0, 0.05) is 18.5 Å². The third kappa shape index (κ3) is 3.88.